The Kier molecular flexibility index (Phi) is 6.45. The van der Waals surface area contributed by atoms with Crippen molar-refractivity contribution in [3.8, 4) is 0 Å². The summed E-state index contributed by atoms with van der Waals surface area (Å²) < 4.78 is 0. The van der Waals surface area contributed by atoms with E-state index in [0.717, 1.165) is 11.8 Å². The van der Waals surface area contributed by atoms with E-state index in [1.807, 2.05) is 0 Å². The molecule has 0 nitrogen and oxygen atoms in total. The van der Waals surface area contributed by atoms with Crippen molar-refractivity contribution in [1.82, 2.24) is 0 Å². The zero-order valence-electron chi connectivity index (χ0n) is 11.8. The van der Waals surface area contributed by atoms with Crippen LogP contribution in [0.5, 0.6) is 0 Å². The molecule has 0 spiro atoms. The molecule has 3 rings (SSSR count). The third-order valence-corrected chi connectivity index (χ3v) is 5.17. The molecule has 0 heteroatoms. The Morgan fingerprint density at radius 2 is 0.529 bits per heavy atom. The van der Waals surface area contributed by atoms with Crippen molar-refractivity contribution in [2.75, 3.05) is 0 Å². The van der Waals surface area contributed by atoms with Gasteiger partial charge in [-0.3, -0.25) is 0 Å². The first-order chi connectivity index (χ1) is 8.45. The molecule has 0 aliphatic heterocycles. The maximum atomic E-state index is 1.55. The lowest BCUT2D eigenvalue weighted by Crippen LogP contribution is -2.06. The SMILES string of the molecule is C1CCCC2CCCCC(CCC1)CCCC2. The Morgan fingerprint density at radius 3 is 0.882 bits per heavy atom. The molecule has 0 radical (unpaired) electrons. The van der Waals surface area contributed by atoms with E-state index in [1.54, 1.807) is 38.5 Å². The van der Waals surface area contributed by atoms with Gasteiger partial charge in [-0.1, -0.05) is 96.3 Å². The fourth-order valence-electron chi connectivity index (χ4n) is 3.99. The van der Waals surface area contributed by atoms with E-state index < -0.39 is 0 Å². The highest BCUT2D eigenvalue weighted by Crippen LogP contribution is 2.30. The topological polar surface area (TPSA) is 0 Å². The van der Waals surface area contributed by atoms with Gasteiger partial charge in [0.1, 0.15) is 0 Å². The van der Waals surface area contributed by atoms with Crippen LogP contribution in [-0.2, 0) is 0 Å². The van der Waals surface area contributed by atoms with Crippen LogP contribution in [0.2, 0.25) is 0 Å². The van der Waals surface area contributed by atoms with Gasteiger partial charge in [0.25, 0.3) is 0 Å². The van der Waals surface area contributed by atoms with E-state index in [9.17, 15) is 0 Å². The molecule has 17 heavy (non-hydrogen) atoms. The van der Waals surface area contributed by atoms with Crippen LogP contribution in [0, 0.1) is 11.8 Å². The predicted octanol–water partition coefficient (Wildman–Crippen LogP) is 6.10. The van der Waals surface area contributed by atoms with Gasteiger partial charge in [0.2, 0.25) is 0 Å². The number of rotatable bonds is 0. The first-order valence-corrected chi connectivity index (χ1v) is 8.45. The standard InChI is InChI=1S/C17H32/c1-2-4-10-16-12-6-8-14-17(11-5-3-1)15-9-7-13-16/h16-17H,1-15H2. The zero-order valence-corrected chi connectivity index (χ0v) is 11.8. The second-order valence-electron chi connectivity index (χ2n) is 6.65. The van der Waals surface area contributed by atoms with Gasteiger partial charge in [-0.05, 0) is 11.8 Å². The second-order valence-corrected chi connectivity index (χ2v) is 6.65. The van der Waals surface area contributed by atoms with Crippen LogP contribution in [0.15, 0.2) is 0 Å². The summed E-state index contributed by atoms with van der Waals surface area (Å²) in [6.45, 7) is 0. The van der Waals surface area contributed by atoms with Gasteiger partial charge in [0, 0.05) is 0 Å². The average Bonchev–Trinajstić information content (AvgIpc) is 2.39. The van der Waals surface area contributed by atoms with Crippen LogP contribution in [0.3, 0.4) is 0 Å². The minimum absolute atomic E-state index is 1.09. The lowest BCUT2D eigenvalue weighted by atomic mass is 9.85. The van der Waals surface area contributed by atoms with E-state index >= 15 is 0 Å². The number of fused-ring (bicyclic) bond motifs is 12. The maximum absolute atomic E-state index is 1.55. The van der Waals surface area contributed by atoms with Crippen LogP contribution in [0.1, 0.15) is 96.3 Å². The Hall–Kier alpha value is 0. The molecule has 0 atom stereocenters. The minimum Gasteiger partial charge on any atom is -0.0533 e. The molecule has 2 bridgehead atoms. The highest BCUT2D eigenvalue weighted by Gasteiger charge is 2.15. The van der Waals surface area contributed by atoms with Crippen LogP contribution in [0.4, 0.5) is 0 Å². The summed E-state index contributed by atoms with van der Waals surface area (Å²) in [6, 6.07) is 0. The summed E-state index contributed by atoms with van der Waals surface area (Å²) in [5.74, 6) is 2.18. The molecule has 3 saturated carbocycles. The normalized spacial score (nSPS) is 33.9. The smallest absolute Gasteiger partial charge is 0.0414 e. The first kappa shape index (κ1) is 13.4. The summed E-state index contributed by atoms with van der Waals surface area (Å²) in [6.07, 6.45) is 23.0. The summed E-state index contributed by atoms with van der Waals surface area (Å²) in [5, 5.41) is 0. The molecular weight excluding hydrogens is 204 g/mol. The predicted molar refractivity (Wildman–Crippen MR) is 76.2 cm³/mol. The van der Waals surface area contributed by atoms with Gasteiger partial charge in [-0.2, -0.15) is 0 Å². The largest absolute Gasteiger partial charge is 0.0533 e. The Labute approximate surface area is 109 Å². The zero-order chi connectivity index (χ0) is 11.8. The highest BCUT2D eigenvalue weighted by atomic mass is 14.2. The fourth-order valence-corrected chi connectivity index (χ4v) is 3.99. The van der Waals surface area contributed by atoms with E-state index in [1.165, 1.54) is 57.8 Å². The van der Waals surface area contributed by atoms with Gasteiger partial charge in [0.15, 0.2) is 0 Å². The lowest BCUT2D eigenvalue weighted by molar-refractivity contribution is 0.319. The van der Waals surface area contributed by atoms with Crippen molar-refractivity contribution < 1.29 is 0 Å². The quantitative estimate of drug-likeness (QED) is 0.477. The summed E-state index contributed by atoms with van der Waals surface area (Å²) in [7, 11) is 0. The van der Waals surface area contributed by atoms with Crippen LogP contribution in [-0.4, -0.2) is 0 Å². The molecule has 100 valence electrons. The summed E-state index contributed by atoms with van der Waals surface area (Å²) in [4.78, 5) is 0. The molecular formula is C17H32. The Morgan fingerprint density at radius 1 is 0.294 bits per heavy atom. The lowest BCUT2D eigenvalue weighted by Gasteiger charge is -2.21. The maximum Gasteiger partial charge on any atom is -0.0414 e. The van der Waals surface area contributed by atoms with Crippen molar-refractivity contribution in [3.63, 3.8) is 0 Å². The average molecular weight is 236 g/mol. The summed E-state index contributed by atoms with van der Waals surface area (Å²) >= 11 is 0. The molecule has 3 aliphatic rings. The molecule has 0 N–H and O–H groups in total. The van der Waals surface area contributed by atoms with E-state index in [2.05, 4.69) is 0 Å². The third kappa shape index (κ3) is 5.44. The Balaban J connectivity index is 1.89. The third-order valence-electron chi connectivity index (χ3n) is 5.17. The van der Waals surface area contributed by atoms with Crippen LogP contribution in [0.25, 0.3) is 0 Å². The number of hydrogen-bond donors (Lipinski definition) is 0. The number of hydrogen-bond acceptors (Lipinski definition) is 0. The van der Waals surface area contributed by atoms with E-state index in [-0.39, 0.29) is 0 Å². The van der Waals surface area contributed by atoms with Gasteiger partial charge < -0.3 is 0 Å². The van der Waals surface area contributed by atoms with Crippen LogP contribution < -0.4 is 0 Å². The molecule has 0 aromatic rings. The van der Waals surface area contributed by atoms with E-state index in [0.29, 0.717) is 0 Å². The van der Waals surface area contributed by atoms with E-state index in [4.69, 9.17) is 0 Å². The molecule has 0 aromatic heterocycles. The molecule has 0 saturated heterocycles. The van der Waals surface area contributed by atoms with Crippen molar-refractivity contribution in [2.45, 2.75) is 96.3 Å². The molecule has 0 heterocycles. The molecule has 3 fully saturated rings. The van der Waals surface area contributed by atoms with Gasteiger partial charge in [-0.25, -0.2) is 0 Å². The monoisotopic (exact) mass is 236 g/mol. The van der Waals surface area contributed by atoms with Gasteiger partial charge in [-0.15, -0.1) is 0 Å². The van der Waals surface area contributed by atoms with Gasteiger partial charge in [0.05, 0.1) is 0 Å². The molecule has 0 unspecified atom stereocenters. The van der Waals surface area contributed by atoms with Crippen molar-refractivity contribution in [2.24, 2.45) is 11.8 Å². The first-order valence-electron chi connectivity index (χ1n) is 8.45. The Bertz CT molecular complexity index is 147. The molecule has 0 amide bonds. The molecule has 0 aromatic carbocycles. The van der Waals surface area contributed by atoms with Crippen molar-refractivity contribution in [3.05, 3.63) is 0 Å². The second kappa shape index (κ2) is 8.16. The van der Waals surface area contributed by atoms with Crippen molar-refractivity contribution in [1.29, 1.82) is 0 Å². The van der Waals surface area contributed by atoms with Gasteiger partial charge >= 0.3 is 0 Å². The minimum atomic E-state index is 1.09. The van der Waals surface area contributed by atoms with Crippen LogP contribution >= 0.6 is 0 Å². The summed E-state index contributed by atoms with van der Waals surface area (Å²) in [5.41, 5.74) is 0. The fraction of sp³-hybridized carbons (Fsp3) is 1.00. The highest BCUT2D eigenvalue weighted by molar-refractivity contribution is 4.68. The molecule has 3 aliphatic carbocycles. The van der Waals surface area contributed by atoms with Crippen molar-refractivity contribution >= 4 is 0 Å².